The molecule has 0 atom stereocenters. The molecule has 1 aromatic carbocycles. The van der Waals surface area contributed by atoms with Crippen LogP contribution in [0.3, 0.4) is 0 Å². The average molecular weight is 360 g/mol. The number of fused-ring (bicyclic) bond motifs is 1. The summed E-state index contributed by atoms with van der Waals surface area (Å²) in [6.45, 7) is 8.90. The van der Waals surface area contributed by atoms with E-state index in [1.807, 2.05) is 26.8 Å². The highest BCUT2D eigenvalue weighted by molar-refractivity contribution is 5.87. The highest BCUT2D eigenvalue weighted by Crippen LogP contribution is 2.26. The van der Waals surface area contributed by atoms with Crippen molar-refractivity contribution < 1.29 is 19.4 Å². The van der Waals surface area contributed by atoms with E-state index in [0.29, 0.717) is 11.6 Å². The Hall–Kier alpha value is -2.08. The van der Waals surface area contributed by atoms with Gasteiger partial charge in [-0.1, -0.05) is 6.07 Å². The maximum absolute atomic E-state index is 12.2. The van der Waals surface area contributed by atoms with Gasteiger partial charge in [0.15, 0.2) is 0 Å². The van der Waals surface area contributed by atoms with E-state index in [2.05, 4.69) is 4.90 Å². The number of nitrogens with zero attached hydrogens (tertiary/aromatic N) is 2. The van der Waals surface area contributed by atoms with Gasteiger partial charge in [0.05, 0.1) is 5.56 Å². The van der Waals surface area contributed by atoms with E-state index in [9.17, 15) is 9.59 Å². The first-order valence-corrected chi connectivity index (χ1v) is 9.30. The van der Waals surface area contributed by atoms with Crippen molar-refractivity contribution in [2.24, 2.45) is 0 Å². The lowest BCUT2D eigenvalue weighted by atomic mass is 9.94. The summed E-state index contributed by atoms with van der Waals surface area (Å²) in [5, 5.41) is 9.13. The second-order valence-electron chi connectivity index (χ2n) is 8.21. The van der Waals surface area contributed by atoms with E-state index in [1.54, 1.807) is 17.0 Å². The normalized spacial score (nSPS) is 19.1. The lowest BCUT2D eigenvalue weighted by Crippen LogP contribution is -2.49. The molecule has 2 heterocycles. The van der Waals surface area contributed by atoms with Crippen LogP contribution in [0.25, 0.3) is 0 Å². The van der Waals surface area contributed by atoms with Gasteiger partial charge in [-0.3, -0.25) is 4.90 Å². The number of hydrogen-bond acceptors (Lipinski definition) is 4. The smallest absolute Gasteiger partial charge is 0.410 e. The highest BCUT2D eigenvalue weighted by atomic mass is 16.6. The molecule has 1 saturated heterocycles. The Morgan fingerprint density at radius 1 is 1.12 bits per heavy atom. The number of carbonyl (C=O) groups excluding carboxylic acids is 1. The molecule has 6 heteroatoms. The predicted molar refractivity (Wildman–Crippen MR) is 98.3 cm³/mol. The summed E-state index contributed by atoms with van der Waals surface area (Å²) in [5.41, 5.74) is 2.27. The van der Waals surface area contributed by atoms with Crippen molar-refractivity contribution in [3.8, 4) is 0 Å². The quantitative estimate of drug-likeness (QED) is 0.877. The second kappa shape index (κ2) is 7.27. The Morgan fingerprint density at radius 2 is 1.81 bits per heavy atom. The molecule has 0 unspecified atom stereocenters. The van der Waals surface area contributed by atoms with Gasteiger partial charge in [-0.15, -0.1) is 0 Å². The molecule has 1 N–H and O–H groups in total. The van der Waals surface area contributed by atoms with Crippen LogP contribution in [0.15, 0.2) is 18.2 Å². The average Bonchev–Trinajstić information content (AvgIpc) is 2.59. The Balaban J connectivity index is 1.56. The van der Waals surface area contributed by atoms with Gasteiger partial charge in [-0.25, -0.2) is 9.59 Å². The number of carboxylic acids is 1. The van der Waals surface area contributed by atoms with Crippen molar-refractivity contribution in [2.45, 2.75) is 58.2 Å². The fourth-order valence-electron chi connectivity index (χ4n) is 3.76. The molecule has 3 rings (SSSR count). The summed E-state index contributed by atoms with van der Waals surface area (Å²) in [6, 6.07) is 5.90. The lowest BCUT2D eigenvalue weighted by molar-refractivity contribution is 0.0133. The number of aromatic carboxylic acids is 1. The zero-order valence-electron chi connectivity index (χ0n) is 15.8. The number of piperidine rings is 1. The molecule has 26 heavy (non-hydrogen) atoms. The second-order valence-corrected chi connectivity index (χ2v) is 8.21. The molecule has 142 valence electrons. The molecule has 1 fully saturated rings. The van der Waals surface area contributed by atoms with Crippen molar-refractivity contribution in [3.63, 3.8) is 0 Å². The molecule has 0 radical (unpaired) electrons. The molecule has 0 aromatic heterocycles. The summed E-state index contributed by atoms with van der Waals surface area (Å²) in [4.78, 5) is 27.6. The summed E-state index contributed by atoms with van der Waals surface area (Å²) < 4.78 is 5.46. The van der Waals surface area contributed by atoms with Gasteiger partial charge in [0.1, 0.15) is 5.60 Å². The summed E-state index contributed by atoms with van der Waals surface area (Å²) in [6.07, 6.45) is 2.55. The van der Waals surface area contributed by atoms with E-state index in [1.165, 1.54) is 5.56 Å². The zero-order chi connectivity index (χ0) is 18.9. The third-order valence-corrected chi connectivity index (χ3v) is 5.13. The molecular weight excluding hydrogens is 332 g/mol. The zero-order valence-corrected chi connectivity index (χ0v) is 15.8. The third kappa shape index (κ3) is 4.36. The van der Waals surface area contributed by atoms with Crippen LogP contribution < -0.4 is 0 Å². The number of carbonyl (C=O) groups is 2. The molecule has 6 nitrogen and oxygen atoms in total. The van der Waals surface area contributed by atoms with Gasteiger partial charge in [-0.2, -0.15) is 0 Å². The van der Waals surface area contributed by atoms with Crippen molar-refractivity contribution in [3.05, 3.63) is 34.9 Å². The monoisotopic (exact) mass is 360 g/mol. The van der Waals surface area contributed by atoms with Crippen LogP contribution >= 0.6 is 0 Å². The van der Waals surface area contributed by atoms with Gasteiger partial charge in [-0.05, 0) is 63.3 Å². The molecule has 2 aliphatic heterocycles. The van der Waals surface area contributed by atoms with Crippen molar-refractivity contribution in [2.75, 3.05) is 19.6 Å². The highest BCUT2D eigenvalue weighted by Gasteiger charge is 2.31. The minimum atomic E-state index is -0.871. The van der Waals surface area contributed by atoms with Crippen molar-refractivity contribution in [1.82, 2.24) is 9.80 Å². The van der Waals surface area contributed by atoms with Crippen LogP contribution in [-0.2, 0) is 17.7 Å². The van der Waals surface area contributed by atoms with Gasteiger partial charge in [0.2, 0.25) is 0 Å². The number of benzene rings is 1. The lowest BCUT2D eigenvalue weighted by Gasteiger charge is -2.40. The third-order valence-electron chi connectivity index (χ3n) is 5.13. The fraction of sp³-hybridized carbons (Fsp3) is 0.600. The Labute approximate surface area is 154 Å². The molecule has 0 bridgehead atoms. The molecule has 2 aliphatic rings. The Kier molecular flexibility index (Phi) is 5.23. The largest absolute Gasteiger partial charge is 0.478 e. The van der Waals surface area contributed by atoms with Gasteiger partial charge in [0, 0.05) is 32.2 Å². The van der Waals surface area contributed by atoms with Crippen LogP contribution in [-0.4, -0.2) is 58.2 Å². The topological polar surface area (TPSA) is 70.1 Å². The SMILES string of the molecule is CC(C)(C)OC(=O)N1CCC(N2CCc3cc(C(=O)O)ccc3C2)CC1. The first-order chi connectivity index (χ1) is 12.2. The number of carboxylic acid groups (broad SMARTS) is 1. The first-order valence-electron chi connectivity index (χ1n) is 9.30. The van der Waals surface area contributed by atoms with Crippen LogP contribution in [0.4, 0.5) is 4.79 Å². The minimum absolute atomic E-state index is 0.221. The summed E-state index contributed by atoms with van der Waals surface area (Å²) in [7, 11) is 0. The molecule has 1 amide bonds. The molecular formula is C20H28N2O4. The van der Waals surface area contributed by atoms with Crippen molar-refractivity contribution >= 4 is 12.1 Å². The number of hydrogen-bond donors (Lipinski definition) is 1. The van der Waals surface area contributed by atoms with Crippen molar-refractivity contribution in [1.29, 1.82) is 0 Å². The van der Waals surface area contributed by atoms with E-state index in [-0.39, 0.29) is 6.09 Å². The van der Waals surface area contributed by atoms with E-state index in [0.717, 1.165) is 51.0 Å². The molecule has 0 aliphatic carbocycles. The Bertz CT molecular complexity index is 688. The van der Waals surface area contributed by atoms with Crippen LogP contribution in [0, 0.1) is 0 Å². The maximum atomic E-state index is 12.2. The molecule has 1 aromatic rings. The number of likely N-dealkylation sites (tertiary alicyclic amines) is 1. The first kappa shape index (κ1) is 18.7. The van der Waals surface area contributed by atoms with Crippen LogP contribution in [0.1, 0.15) is 55.1 Å². The van der Waals surface area contributed by atoms with E-state index in [4.69, 9.17) is 9.84 Å². The predicted octanol–water partition coefficient (Wildman–Crippen LogP) is 3.14. The maximum Gasteiger partial charge on any atom is 0.410 e. The van der Waals surface area contributed by atoms with Crippen LogP contribution in [0.2, 0.25) is 0 Å². The number of ether oxygens (including phenoxy) is 1. The van der Waals surface area contributed by atoms with Gasteiger partial charge >= 0.3 is 12.1 Å². The van der Waals surface area contributed by atoms with E-state index >= 15 is 0 Å². The summed E-state index contributed by atoms with van der Waals surface area (Å²) >= 11 is 0. The van der Waals surface area contributed by atoms with Gasteiger partial charge < -0.3 is 14.7 Å². The molecule has 0 spiro atoms. The fourth-order valence-corrected chi connectivity index (χ4v) is 3.76. The number of rotatable bonds is 2. The molecule has 0 saturated carbocycles. The summed E-state index contributed by atoms with van der Waals surface area (Å²) in [5.74, 6) is -0.871. The van der Waals surface area contributed by atoms with E-state index < -0.39 is 11.6 Å². The van der Waals surface area contributed by atoms with Gasteiger partial charge in [0.25, 0.3) is 0 Å². The number of amides is 1. The minimum Gasteiger partial charge on any atom is -0.478 e. The Morgan fingerprint density at radius 3 is 2.42 bits per heavy atom. The van der Waals surface area contributed by atoms with Crippen LogP contribution in [0.5, 0.6) is 0 Å². The standard InChI is InChI=1S/C20H28N2O4/c1-20(2,3)26-19(25)21-10-7-17(8-11-21)22-9-6-14-12-15(18(23)24)4-5-16(14)13-22/h4-5,12,17H,6-11,13H2,1-3H3,(H,23,24).